The van der Waals surface area contributed by atoms with Gasteiger partial charge in [-0.25, -0.2) is 0 Å². The summed E-state index contributed by atoms with van der Waals surface area (Å²) in [6, 6.07) is 12.9. The summed E-state index contributed by atoms with van der Waals surface area (Å²) in [4.78, 5) is 17.3. The Hall–Kier alpha value is -2.36. The molecule has 120 valence electrons. The standard InChI is InChI=1S/C18H13BrN2O2S/c1-3-10-21-16-14(23-2)8-5-9-15(16)24-18(21)20-17(22)12-6-4-7-13(19)11-12/h1,4-9,11H,10H2,2H3. The molecule has 0 aliphatic heterocycles. The van der Waals surface area contributed by atoms with E-state index in [4.69, 9.17) is 11.2 Å². The van der Waals surface area contributed by atoms with Gasteiger partial charge in [0.25, 0.3) is 5.91 Å². The molecule has 6 heteroatoms. The first-order valence-corrected chi connectivity index (χ1v) is 8.69. The Balaban J connectivity index is 2.20. The maximum absolute atomic E-state index is 12.5. The predicted octanol–water partition coefficient (Wildman–Crippen LogP) is 3.85. The van der Waals surface area contributed by atoms with Crippen molar-refractivity contribution in [2.24, 2.45) is 4.99 Å². The fraction of sp³-hybridized carbons (Fsp3) is 0.111. The summed E-state index contributed by atoms with van der Waals surface area (Å²) in [5, 5.41) is 0. The number of para-hydroxylation sites is 1. The Morgan fingerprint density at radius 1 is 1.38 bits per heavy atom. The van der Waals surface area contributed by atoms with Crippen LogP contribution in [0.5, 0.6) is 5.75 Å². The molecule has 0 saturated heterocycles. The number of nitrogens with zero attached hydrogens (tertiary/aromatic N) is 2. The van der Waals surface area contributed by atoms with Crippen molar-refractivity contribution in [2.75, 3.05) is 7.11 Å². The van der Waals surface area contributed by atoms with Crippen LogP contribution in [-0.2, 0) is 6.54 Å². The summed E-state index contributed by atoms with van der Waals surface area (Å²) in [5.41, 5.74) is 1.37. The molecule has 0 radical (unpaired) electrons. The third-order valence-corrected chi connectivity index (χ3v) is 4.94. The van der Waals surface area contributed by atoms with Gasteiger partial charge in [0.2, 0.25) is 0 Å². The van der Waals surface area contributed by atoms with Gasteiger partial charge in [-0.1, -0.05) is 45.3 Å². The van der Waals surface area contributed by atoms with E-state index in [1.807, 2.05) is 28.8 Å². The Bertz CT molecular complexity index is 1030. The van der Waals surface area contributed by atoms with Crippen LogP contribution in [0.4, 0.5) is 0 Å². The molecule has 0 fully saturated rings. The molecule has 1 amide bonds. The van der Waals surface area contributed by atoms with Crippen LogP contribution in [0.1, 0.15) is 10.4 Å². The summed E-state index contributed by atoms with van der Waals surface area (Å²) < 4.78 is 9.04. The van der Waals surface area contributed by atoms with Gasteiger partial charge in [-0.3, -0.25) is 4.79 Å². The van der Waals surface area contributed by atoms with Gasteiger partial charge in [-0.05, 0) is 30.3 Å². The first-order chi connectivity index (χ1) is 11.6. The summed E-state index contributed by atoms with van der Waals surface area (Å²) in [6.07, 6.45) is 5.49. The predicted molar refractivity (Wildman–Crippen MR) is 99.2 cm³/mol. The fourth-order valence-electron chi connectivity index (χ4n) is 2.36. The number of thiazole rings is 1. The van der Waals surface area contributed by atoms with Crippen molar-refractivity contribution < 1.29 is 9.53 Å². The Morgan fingerprint density at radius 2 is 2.17 bits per heavy atom. The number of hydrogen-bond donors (Lipinski definition) is 0. The first-order valence-electron chi connectivity index (χ1n) is 7.08. The molecule has 4 nitrogen and oxygen atoms in total. The van der Waals surface area contributed by atoms with E-state index >= 15 is 0 Å². The third kappa shape index (κ3) is 3.14. The number of carbonyl (C=O) groups excluding carboxylic acids is 1. The van der Waals surface area contributed by atoms with Crippen LogP contribution in [0.3, 0.4) is 0 Å². The van der Waals surface area contributed by atoms with E-state index in [0.29, 0.717) is 22.7 Å². The van der Waals surface area contributed by atoms with Crippen LogP contribution in [-0.4, -0.2) is 17.6 Å². The summed E-state index contributed by atoms with van der Waals surface area (Å²) in [5.74, 6) is 3.00. The van der Waals surface area contributed by atoms with Crippen molar-refractivity contribution in [1.82, 2.24) is 4.57 Å². The Morgan fingerprint density at radius 3 is 2.88 bits per heavy atom. The van der Waals surface area contributed by atoms with Gasteiger partial charge < -0.3 is 9.30 Å². The van der Waals surface area contributed by atoms with Gasteiger partial charge in [-0.15, -0.1) is 6.42 Å². The highest BCUT2D eigenvalue weighted by Crippen LogP contribution is 2.27. The molecule has 24 heavy (non-hydrogen) atoms. The maximum Gasteiger partial charge on any atom is 0.279 e. The smallest absolute Gasteiger partial charge is 0.279 e. The Kier molecular flexibility index (Phi) is 4.84. The number of aromatic nitrogens is 1. The fourth-order valence-corrected chi connectivity index (χ4v) is 3.80. The molecular weight excluding hydrogens is 388 g/mol. The summed E-state index contributed by atoms with van der Waals surface area (Å²) >= 11 is 4.77. The zero-order valence-corrected chi connectivity index (χ0v) is 15.2. The number of amides is 1. The second-order valence-electron chi connectivity index (χ2n) is 4.91. The molecule has 2 aromatic carbocycles. The SMILES string of the molecule is C#CCn1c(=NC(=O)c2cccc(Br)c2)sc2cccc(OC)c21. The molecule has 1 heterocycles. The number of hydrogen-bond acceptors (Lipinski definition) is 3. The highest BCUT2D eigenvalue weighted by atomic mass is 79.9. The highest BCUT2D eigenvalue weighted by molar-refractivity contribution is 9.10. The minimum atomic E-state index is -0.312. The van der Waals surface area contributed by atoms with Crippen molar-refractivity contribution in [3.8, 4) is 18.1 Å². The molecule has 0 N–H and O–H groups in total. The number of fused-ring (bicyclic) bond motifs is 1. The summed E-state index contributed by atoms with van der Waals surface area (Å²) in [6.45, 7) is 0.310. The van der Waals surface area contributed by atoms with E-state index in [-0.39, 0.29) is 5.91 Å². The normalized spacial score (nSPS) is 11.5. The van der Waals surface area contributed by atoms with Gasteiger partial charge in [0.05, 0.1) is 18.4 Å². The lowest BCUT2D eigenvalue weighted by Gasteiger charge is -2.05. The number of rotatable bonds is 3. The molecule has 3 aromatic rings. The van der Waals surface area contributed by atoms with Crippen molar-refractivity contribution in [3.63, 3.8) is 0 Å². The van der Waals surface area contributed by atoms with E-state index in [0.717, 1.165) is 14.7 Å². The van der Waals surface area contributed by atoms with Gasteiger partial charge in [-0.2, -0.15) is 4.99 Å². The number of benzene rings is 2. The number of carbonyl (C=O) groups is 1. The molecule has 0 aliphatic carbocycles. The second-order valence-corrected chi connectivity index (χ2v) is 6.83. The zero-order chi connectivity index (χ0) is 17.1. The Labute approximate surface area is 151 Å². The maximum atomic E-state index is 12.5. The average Bonchev–Trinajstić information content (AvgIpc) is 2.92. The number of halogens is 1. The average molecular weight is 401 g/mol. The van der Waals surface area contributed by atoms with Crippen LogP contribution in [0.15, 0.2) is 51.9 Å². The molecular formula is C18H13BrN2O2S. The summed E-state index contributed by atoms with van der Waals surface area (Å²) in [7, 11) is 1.61. The van der Waals surface area contributed by atoms with Crippen molar-refractivity contribution in [1.29, 1.82) is 0 Å². The second kappa shape index (κ2) is 7.04. The quantitative estimate of drug-likeness (QED) is 0.626. The number of terminal acetylenes is 1. The molecule has 0 unspecified atom stereocenters. The lowest BCUT2D eigenvalue weighted by atomic mass is 10.2. The van der Waals surface area contributed by atoms with E-state index in [1.54, 1.807) is 25.3 Å². The molecule has 0 aliphatic rings. The van der Waals surface area contributed by atoms with Crippen LogP contribution in [0.25, 0.3) is 10.2 Å². The monoisotopic (exact) mass is 400 g/mol. The van der Waals surface area contributed by atoms with Gasteiger partial charge in [0, 0.05) is 10.0 Å². The van der Waals surface area contributed by atoms with E-state index in [1.165, 1.54) is 11.3 Å². The van der Waals surface area contributed by atoms with Gasteiger partial charge >= 0.3 is 0 Å². The van der Waals surface area contributed by atoms with Crippen molar-refractivity contribution in [3.05, 3.63) is 57.3 Å². The number of methoxy groups -OCH3 is 1. The zero-order valence-electron chi connectivity index (χ0n) is 12.8. The van der Waals surface area contributed by atoms with Gasteiger partial charge in [0.1, 0.15) is 11.3 Å². The van der Waals surface area contributed by atoms with Crippen LogP contribution < -0.4 is 9.54 Å². The molecule has 3 rings (SSSR count). The molecule has 0 spiro atoms. The minimum absolute atomic E-state index is 0.310. The van der Waals surface area contributed by atoms with Crippen molar-refractivity contribution >= 4 is 43.4 Å². The third-order valence-electron chi connectivity index (χ3n) is 3.40. The van der Waals surface area contributed by atoms with Crippen molar-refractivity contribution in [2.45, 2.75) is 6.54 Å². The topological polar surface area (TPSA) is 43.6 Å². The van der Waals surface area contributed by atoms with E-state index < -0.39 is 0 Å². The molecule has 0 saturated carbocycles. The van der Waals surface area contributed by atoms with Gasteiger partial charge in [0.15, 0.2) is 4.80 Å². The van der Waals surface area contributed by atoms with E-state index in [2.05, 4.69) is 26.8 Å². The van der Waals surface area contributed by atoms with E-state index in [9.17, 15) is 4.79 Å². The lowest BCUT2D eigenvalue weighted by molar-refractivity contribution is 0.0998. The molecule has 1 aromatic heterocycles. The molecule has 0 bridgehead atoms. The first kappa shape index (κ1) is 16.5. The molecule has 0 atom stereocenters. The minimum Gasteiger partial charge on any atom is -0.495 e. The van der Waals surface area contributed by atoms with Crippen LogP contribution in [0.2, 0.25) is 0 Å². The largest absolute Gasteiger partial charge is 0.495 e. The lowest BCUT2D eigenvalue weighted by Crippen LogP contribution is -2.16. The van der Waals surface area contributed by atoms with Crippen LogP contribution in [0, 0.1) is 12.3 Å². The van der Waals surface area contributed by atoms with Crippen LogP contribution >= 0.6 is 27.3 Å². The number of ether oxygens (including phenoxy) is 1. The highest BCUT2D eigenvalue weighted by Gasteiger charge is 2.12.